The maximum Gasteiger partial charge on any atom is 0.503 e. The van der Waals surface area contributed by atoms with E-state index in [1.54, 1.807) is 60.7 Å². The molecule has 0 heterocycles. The predicted molar refractivity (Wildman–Crippen MR) is 74.4 cm³/mol. The smallest absolute Gasteiger partial charge is 0.450 e. The highest BCUT2D eigenvalue weighted by Gasteiger charge is 2.12. The Balaban J connectivity index is 0.000000541. The van der Waals surface area contributed by atoms with Crippen molar-refractivity contribution in [2.24, 2.45) is 0 Å². The Bertz CT molecular complexity index is 567. The van der Waals surface area contributed by atoms with Gasteiger partial charge in [0.15, 0.2) is 0 Å². The summed E-state index contributed by atoms with van der Waals surface area (Å²) >= 11 is 0. The Morgan fingerprint density at radius 1 is 0.636 bits per heavy atom. The number of hydrogen-bond donors (Lipinski definition) is 2. The number of benzene rings is 2. The normalized spacial score (nSPS) is 8.91. The lowest BCUT2D eigenvalue weighted by Gasteiger charge is -2.02. The van der Waals surface area contributed by atoms with E-state index in [0.717, 1.165) is 0 Å². The summed E-state index contributed by atoms with van der Waals surface area (Å²) in [6.45, 7) is 0. The monoisotopic (exact) mass is 304 g/mol. The molecule has 0 bridgehead atoms. The molecule has 0 aromatic heterocycles. The molecule has 0 spiro atoms. The lowest BCUT2D eigenvalue weighted by Crippen LogP contribution is -2.11. The van der Waals surface area contributed by atoms with E-state index in [2.05, 4.69) is 9.78 Å². The van der Waals surface area contributed by atoms with Gasteiger partial charge < -0.3 is 10.2 Å². The SMILES string of the molecule is O=C(O)O.O=C(OOC(=O)c1ccccc1)c1ccccc1. The Morgan fingerprint density at radius 3 is 1.18 bits per heavy atom. The zero-order valence-corrected chi connectivity index (χ0v) is 11.2. The molecule has 2 N–H and O–H groups in total. The van der Waals surface area contributed by atoms with Gasteiger partial charge in [0.1, 0.15) is 0 Å². The van der Waals surface area contributed by atoms with Crippen LogP contribution in [-0.4, -0.2) is 28.3 Å². The molecule has 0 unspecified atom stereocenters. The Morgan fingerprint density at radius 2 is 0.909 bits per heavy atom. The molecule has 22 heavy (non-hydrogen) atoms. The average Bonchev–Trinajstić information content (AvgIpc) is 2.53. The fraction of sp³-hybridized carbons (Fsp3) is 0. The van der Waals surface area contributed by atoms with E-state index in [1.165, 1.54) is 0 Å². The van der Waals surface area contributed by atoms with Crippen LogP contribution in [0.25, 0.3) is 0 Å². The molecule has 0 saturated carbocycles. The molecule has 7 nitrogen and oxygen atoms in total. The minimum Gasteiger partial charge on any atom is -0.450 e. The Kier molecular flexibility index (Phi) is 6.64. The summed E-state index contributed by atoms with van der Waals surface area (Å²) in [5.41, 5.74) is 0.636. The molecule has 2 aromatic carbocycles. The Labute approximate surface area is 125 Å². The molecule has 2 rings (SSSR count). The second-order valence-electron chi connectivity index (χ2n) is 3.76. The molecule has 0 aliphatic rings. The molecule has 0 atom stereocenters. The van der Waals surface area contributed by atoms with Crippen LogP contribution in [0.2, 0.25) is 0 Å². The van der Waals surface area contributed by atoms with E-state index in [9.17, 15) is 9.59 Å². The third-order valence-corrected chi connectivity index (χ3v) is 2.21. The Hall–Kier alpha value is -3.35. The van der Waals surface area contributed by atoms with Crippen molar-refractivity contribution in [2.75, 3.05) is 0 Å². The molecular weight excluding hydrogens is 292 g/mol. The van der Waals surface area contributed by atoms with Crippen molar-refractivity contribution in [2.45, 2.75) is 0 Å². The third-order valence-electron chi connectivity index (χ3n) is 2.21. The first-order valence-corrected chi connectivity index (χ1v) is 5.96. The first-order valence-electron chi connectivity index (χ1n) is 5.96. The lowest BCUT2D eigenvalue weighted by molar-refractivity contribution is -0.187. The van der Waals surface area contributed by atoms with Gasteiger partial charge in [-0.05, 0) is 24.3 Å². The highest BCUT2D eigenvalue weighted by Crippen LogP contribution is 2.05. The quantitative estimate of drug-likeness (QED) is 0.648. The van der Waals surface area contributed by atoms with E-state index < -0.39 is 18.1 Å². The van der Waals surface area contributed by atoms with E-state index in [0.29, 0.717) is 11.1 Å². The molecule has 7 heteroatoms. The van der Waals surface area contributed by atoms with Gasteiger partial charge in [0.2, 0.25) is 0 Å². The molecule has 2 aromatic rings. The summed E-state index contributed by atoms with van der Waals surface area (Å²) in [5, 5.41) is 13.9. The number of carbonyl (C=O) groups is 3. The molecule has 0 saturated heterocycles. The summed E-state index contributed by atoms with van der Waals surface area (Å²) in [5.74, 6) is -1.42. The summed E-state index contributed by atoms with van der Waals surface area (Å²) in [6.07, 6.45) is -1.83. The van der Waals surface area contributed by atoms with Gasteiger partial charge in [-0.25, -0.2) is 24.2 Å². The van der Waals surface area contributed by atoms with Gasteiger partial charge in [-0.3, -0.25) is 0 Å². The predicted octanol–water partition coefficient (Wildman–Crippen LogP) is 2.84. The summed E-state index contributed by atoms with van der Waals surface area (Å²) in [7, 11) is 0. The van der Waals surface area contributed by atoms with Crippen LogP contribution in [0.5, 0.6) is 0 Å². The summed E-state index contributed by atoms with van der Waals surface area (Å²) in [6, 6.07) is 16.6. The van der Waals surface area contributed by atoms with Crippen molar-refractivity contribution in [3.05, 3.63) is 71.8 Å². The zero-order chi connectivity index (χ0) is 16.4. The van der Waals surface area contributed by atoms with E-state index in [-0.39, 0.29) is 0 Å². The van der Waals surface area contributed by atoms with Crippen LogP contribution >= 0.6 is 0 Å². The van der Waals surface area contributed by atoms with Crippen LogP contribution < -0.4 is 0 Å². The number of rotatable bonds is 2. The van der Waals surface area contributed by atoms with Gasteiger partial charge in [0, 0.05) is 0 Å². The standard InChI is InChI=1S/C14H10O4.CH2O3/c15-13(11-7-3-1-4-8-11)17-18-14(16)12-9-5-2-6-10-12;2-1(3)4/h1-10H;(H2,2,3,4). The van der Waals surface area contributed by atoms with E-state index >= 15 is 0 Å². The highest BCUT2D eigenvalue weighted by atomic mass is 17.2. The van der Waals surface area contributed by atoms with Crippen molar-refractivity contribution in [1.82, 2.24) is 0 Å². The first-order chi connectivity index (χ1) is 10.5. The topological polar surface area (TPSA) is 110 Å². The summed E-state index contributed by atoms with van der Waals surface area (Å²) in [4.78, 5) is 40.4. The van der Waals surface area contributed by atoms with Crippen molar-refractivity contribution in [3.63, 3.8) is 0 Å². The average molecular weight is 304 g/mol. The van der Waals surface area contributed by atoms with Crippen molar-refractivity contribution < 1.29 is 34.4 Å². The van der Waals surface area contributed by atoms with E-state index in [1.807, 2.05) is 0 Å². The second kappa shape index (κ2) is 8.75. The molecule has 0 amide bonds. The highest BCUT2D eigenvalue weighted by molar-refractivity contribution is 5.92. The minimum absolute atomic E-state index is 0.318. The van der Waals surface area contributed by atoms with Gasteiger partial charge in [0.25, 0.3) is 0 Å². The molecule has 114 valence electrons. The van der Waals surface area contributed by atoms with Crippen molar-refractivity contribution >= 4 is 18.1 Å². The van der Waals surface area contributed by atoms with Gasteiger partial charge in [0.05, 0.1) is 11.1 Å². The molecule has 0 radical (unpaired) electrons. The molecule has 0 aliphatic heterocycles. The maximum atomic E-state index is 11.5. The number of carboxylic acid groups (broad SMARTS) is 2. The van der Waals surface area contributed by atoms with Gasteiger partial charge in [-0.1, -0.05) is 36.4 Å². The molecular formula is C15H12O7. The largest absolute Gasteiger partial charge is 0.503 e. The van der Waals surface area contributed by atoms with Crippen LogP contribution in [0.3, 0.4) is 0 Å². The van der Waals surface area contributed by atoms with Gasteiger partial charge in [-0.15, -0.1) is 0 Å². The van der Waals surface area contributed by atoms with Crippen LogP contribution in [0.4, 0.5) is 4.79 Å². The fourth-order valence-corrected chi connectivity index (χ4v) is 1.32. The van der Waals surface area contributed by atoms with Crippen LogP contribution in [-0.2, 0) is 9.78 Å². The molecule has 0 aliphatic carbocycles. The third kappa shape index (κ3) is 6.20. The first kappa shape index (κ1) is 16.7. The maximum absolute atomic E-state index is 11.5. The van der Waals surface area contributed by atoms with Crippen molar-refractivity contribution in [3.8, 4) is 0 Å². The lowest BCUT2D eigenvalue weighted by atomic mass is 10.2. The fourth-order valence-electron chi connectivity index (χ4n) is 1.32. The van der Waals surface area contributed by atoms with Crippen LogP contribution in [0.15, 0.2) is 60.7 Å². The second-order valence-corrected chi connectivity index (χ2v) is 3.76. The summed E-state index contributed by atoms with van der Waals surface area (Å²) < 4.78 is 0. The zero-order valence-electron chi connectivity index (χ0n) is 11.2. The number of hydrogen-bond acceptors (Lipinski definition) is 5. The molecule has 0 fully saturated rings. The number of carbonyl (C=O) groups excluding carboxylic acids is 2. The van der Waals surface area contributed by atoms with Crippen molar-refractivity contribution in [1.29, 1.82) is 0 Å². The van der Waals surface area contributed by atoms with Gasteiger partial charge >= 0.3 is 18.1 Å². The van der Waals surface area contributed by atoms with Crippen LogP contribution in [0, 0.1) is 0 Å². The minimum atomic E-state index is -1.83. The van der Waals surface area contributed by atoms with Crippen LogP contribution in [0.1, 0.15) is 20.7 Å². The van der Waals surface area contributed by atoms with Gasteiger partial charge in [-0.2, -0.15) is 0 Å². The van der Waals surface area contributed by atoms with E-state index in [4.69, 9.17) is 15.0 Å².